The maximum atomic E-state index is 13.5. The quantitative estimate of drug-likeness (QED) is 0.0876. The number of aromatic hydroxyl groups is 1. The number of aryl methyl sites for hydroxylation is 1. The van der Waals surface area contributed by atoms with Gasteiger partial charge in [0, 0.05) is 25.4 Å². The SMILES string of the molecule is NC(N)=NCCC[C@H](NC(=O)[C@H](Cc1ccc(O)cc1)NC(=O)OCc1ccccc1)C(=O)CSCCc1ccncc1. The summed E-state index contributed by atoms with van der Waals surface area (Å²) >= 11 is 1.48. The molecule has 12 heteroatoms. The van der Waals surface area contributed by atoms with Crippen LogP contribution in [0.1, 0.15) is 29.5 Å². The predicted molar refractivity (Wildman–Crippen MR) is 167 cm³/mol. The highest BCUT2D eigenvalue weighted by Crippen LogP contribution is 2.14. The summed E-state index contributed by atoms with van der Waals surface area (Å²) < 4.78 is 5.34. The molecule has 0 unspecified atom stereocenters. The molecule has 228 valence electrons. The van der Waals surface area contributed by atoms with Crippen molar-refractivity contribution in [2.75, 3.05) is 18.1 Å². The number of carbonyl (C=O) groups excluding carboxylic acids is 3. The van der Waals surface area contributed by atoms with Gasteiger partial charge in [0.25, 0.3) is 0 Å². The van der Waals surface area contributed by atoms with Crippen molar-refractivity contribution < 1.29 is 24.2 Å². The van der Waals surface area contributed by atoms with Gasteiger partial charge in [0.05, 0.1) is 11.8 Å². The third-order valence-electron chi connectivity index (χ3n) is 6.38. The lowest BCUT2D eigenvalue weighted by molar-refractivity contribution is -0.128. The van der Waals surface area contributed by atoms with Crippen LogP contribution in [0.3, 0.4) is 0 Å². The Labute approximate surface area is 255 Å². The fourth-order valence-electron chi connectivity index (χ4n) is 4.09. The van der Waals surface area contributed by atoms with Gasteiger partial charge in [0.1, 0.15) is 18.4 Å². The lowest BCUT2D eigenvalue weighted by Crippen LogP contribution is -2.52. The van der Waals surface area contributed by atoms with Gasteiger partial charge in [-0.1, -0.05) is 42.5 Å². The second kappa shape index (κ2) is 18.1. The number of pyridine rings is 1. The van der Waals surface area contributed by atoms with E-state index in [-0.39, 0.29) is 36.3 Å². The Balaban J connectivity index is 1.66. The number of nitrogens with zero attached hydrogens (tertiary/aromatic N) is 2. The predicted octanol–water partition coefficient (Wildman–Crippen LogP) is 2.71. The number of aliphatic imine (C=N–C) groups is 1. The number of carbonyl (C=O) groups is 3. The summed E-state index contributed by atoms with van der Waals surface area (Å²) in [4.78, 5) is 47.5. The van der Waals surface area contributed by atoms with Crippen molar-refractivity contribution in [3.05, 3.63) is 95.8 Å². The number of phenolic OH excluding ortho intramolecular Hbond substituents is 1. The van der Waals surface area contributed by atoms with E-state index < -0.39 is 24.1 Å². The van der Waals surface area contributed by atoms with Gasteiger partial charge in [0.15, 0.2) is 11.7 Å². The standard InChI is InChI=1S/C31H38N6O5S/c32-30(33)35-15-4-7-26(28(39)21-43-18-14-22-12-16-34-17-13-22)36-29(40)27(19-23-8-10-25(38)11-9-23)37-31(41)42-20-24-5-2-1-3-6-24/h1-3,5-6,8-13,16-17,26-27,38H,4,7,14-15,18-21H2,(H,36,40)(H,37,41)(H4,32,33,35)/t26-,27-/m0/s1. The molecule has 0 aliphatic carbocycles. The Bertz CT molecular complexity index is 1320. The normalized spacial score (nSPS) is 12.0. The molecule has 0 aliphatic heterocycles. The summed E-state index contributed by atoms with van der Waals surface area (Å²) in [7, 11) is 0. The van der Waals surface area contributed by atoms with E-state index in [1.807, 2.05) is 42.5 Å². The topological polar surface area (TPSA) is 182 Å². The summed E-state index contributed by atoms with van der Waals surface area (Å²) in [5, 5.41) is 15.1. The van der Waals surface area contributed by atoms with E-state index in [0.29, 0.717) is 24.9 Å². The van der Waals surface area contributed by atoms with Crippen LogP contribution in [0.25, 0.3) is 0 Å². The van der Waals surface area contributed by atoms with Crippen molar-refractivity contribution in [1.29, 1.82) is 0 Å². The molecule has 3 aromatic rings. The zero-order valence-electron chi connectivity index (χ0n) is 23.9. The van der Waals surface area contributed by atoms with E-state index in [4.69, 9.17) is 16.2 Å². The van der Waals surface area contributed by atoms with E-state index in [0.717, 1.165) is 23.3 Å². The van der Waals surface area contributed by atoms with Gasteiger partial charge in [-0.2, -0.15) is 11.8 Å². The summed E-state index contributed by atoms with van der Waals surface area (Å²) in [5.41, 5.74) is 13.5. The van der Waals surface area contributed by atoms with Crippen LogP contribution in [0.15, 0.2) is 84.1 Å². The Kier molecular flexibility index (Phi) is 13.8. The number of ketones is 1. The zero-order valence-corrected chi connectivity index (χ0v) is 24.7. The summed E-state index contributed by atoms with van der Waals surface area (Å²) in [6.45, 7) is 0.334. The molecule has 1 aromatic heterocycles. The van der Waals surface area contributed by atoms with Crippen molar-refractivity contribution >= 4 is 35.5 Å². The van der Waals surface area contributed by atoms with Crippen LogP contribution in [-0.2, 0) is 33.8 Å². The van der Waals surface area contributed by atoms with Crippen molar-refractivity contribution in [3.63, 3.8) is 0 Å². The molecule has 7 N–H and O–H groups in total. The molecule has 0 aliphatic rings. The highest BCUT2D eigenvalue weighted by molar-refractivity contribution is 7.99. The zero-order chi connectivity index (χ0) is 30.9. The Morgan fingerprint density at radius 1 is 0.907 bits per heavy atom. The number of alkyl carbamates (subject to hydrolysis) is 1. The molecule has 2 aromatic carbocycles. The van der Waals surface area contributed by atoms with Gasteiger partial charge >= 0.3 is 6.09 Å². The van der Waals surface area contributed by atoms with E-state index >= 15 is 0 Å². The molecule has 1 heterocycles. The molecule has 0 saturated heterocycles. The van der Waals surface area contributed by atoms with Gasteiger partial charge in [-0.05, 0) is 66.0 Å². The van der Waals surface area contributed by atoms with Gasteiger partial charge in [-0.25, -0.2) is 4.79 Å². The minimum absolute atomic E-state index is 0.0306. The van der Waals surface area contributed by atoms with Gasteiger partial charge in [-0.3, -0.25) is 19.6 Å². The Morgan fingerprint density at radius 2 is 1.63 bits per heavy atom. The number of aromatic nitrogens is 1. The van der Waals surface area contributed by atoms with Crippen LogP contribution in [-0.4, -0.2) is 64.0 Å². The number of amides is 2. The number of rotatable bonds is 17. The van der Waals surface area contributed by atoms with Crippen molar-refractivity contribution in [2.45, 2.75) is 44.4 Å². The maximum Gasteiger partial charge on any atom is 0.408 e. The van der Waals surface area contributed by atoms with Crippen molar-refractivity contribution in [1.82, 2.24) is 15.6 Å². The van der Waals surface area contributed by atoms with Crippen LogP contribution in [0.5, 0.6) is 5.75 Å². The highest BCUT2D eigenvalue weighted by atomic mass is 32.2. The number of nitrogens with one attached hydrogen (secondary N) is 2. The monoisotopic (exact) mass is 606 g/mol. The van der Waals surface area contributed by atoms with Crippen LogP contribution >= 0.6 is 11.8 Å². The molecule has 2 atom stereocenters. The molecule has 0 radical (unpaired) electrons. The highest BCUT2D eigenvalue weighted by Gasteiger charge is 2.27. The molecule has 0 fully saturated rings. The van der Waals surface area contributed by atoms with E-state index in [2.05, 4.69) is 20.6 Å². The number of phenols is 1. The first-order valence-electron chi connectivity index (χ1n) is 13.9. The maximum absolute atomic E-state index is 13.5. The number of ether oxygens (including phenoxy) is 1. The first-order chi connectivity index (χ1) is 20.8. The number of thioether (sulfide) groups is 1. The molecule has 43 heavy (non-hydrogen) atoms. The second-order valence-electron chi connectivity index (χ2n) is 9.76. The number of Topliss-reactive ketones (excluding diaryl/α,β-unsaturated/α-hetero) is 1. The fourth-order valence-corrected chi connectivity index (χ4v) is 5.01. The summed E-state index contributed by atoms with van der Waals surface area (Å²) in [6, 6.07) is 17.5. The van der Waals surface area contributed by atoms with Gasteiger partial charge in [-0.15, -0.1) is 0 Å². The third-order valence-corrected chi connectivity index (χ3v) is 7.36. The number of hydrogen-bond donors (Lipinski definition) is 5. The summed E-state index contributed by atoms with van der Waals surface area (Å²) in [6.07, 6.45) is 4.36. The third kappa shape index (κ3) is 12.9. The van der Waals surface area contributed by atoms with Crippen LogP contribution in [0, 0.1) is 0 Å². The van der Waals surface area contributed by atoms with Crippen LogP contribution < -0.4 is 22.1 Å². The lowest BCUT2D eigenvalue weighted by Gasteiger charge is -2.23. The van der Waals surface area contributed by atoms with Crippen molar-refractivity contribution in [3.8, 4) is 5.75 Å². The average molecular weight is 607 g/mol. The van der Waals surface area contributed by atoms with E-state index in [1.54, 1.807) is 24.5 Å². The first-order valence-corrected chi connectivity index (χ1v) is 15.1. The minimum atomic E-state index is -1.04. The number of hydrogen-bond acceptors (Lipinski definition) is 8. The van der Waals surface area contributed by atoms with Gasteiger partial charge < -0.3 is 31.9 Å². The fraction of sp³-hybridized carbons (Fsp3) is 0.323. The molecule has 0 saturated carbocycles. The largest absolute Gasteiger partial charge is 0.508 e. The molecule has 2 amide bonds. The molecule has 0 spiro atoms. The Hall–Kier alpha value is -4.58. The lowest BCUT2D eigenvalue weighted by atomic mass is 10.0. The molecule has 0 bridgehead atoms. The van der Waals surface area contributed by atoms with Crippen molar-refractivity contribution in [2.24, 2.45) is 16.5 Å². The molecular weight excluding hydrogens is 568 g/mol. The number of benzene rings is 2. The summed E-state index contributed by atoms with van der Waals surface area (Å²) in [5.74, 6) is 0.272. The average Bonchev–Trinajstić information content (AvgIpc) is 3.01. The smallest absolute Gasteiger partial charge is 0.408 e. The minimum Gasteiger partial charge on any atom is -0.508 e. The van der Waals surface area contributed by atoms with Crippen LogP contribution in [0.4, 0.5) is 4.79 Å². The first kappa shape index (κ1) is 32.9. The Morgan fingerprint density at radius 3 is 2.33 bits per heavy atom. The van der Waals surface area contributed by atoms with E-state index in [1.165, 1.54) is 23.9 Å². The molecular formula is C31H38N6O5S. The second-order valence-corrected chi connectivity index (χ2v) is 10.9. The molecule has 3 rings (SSSR count). The van der Waals surface area contributed by atoms with Crippen LogP contribution in [0.2, 0.25) is 0 Å². The number of guanidine groups is 1. The molecule has 11 nitrogen and oxygen atoms in total. The van der Waals surface area contributed by atoms with Gasteiger partial charge in [0.2, 0.25) is 5.91 Å². The number of nitrogens with two attached hydrogens (primary N) is 2. The van der Waals surface area contributed by atoms with E-state index in [9.17, 15) is 19.5 Å².